The number of hydrogen-bond donors (Lipinski definition) is 2. The van der Waals surface area contributed by atoms with Crippen LogP contribution in [0.25, 0.3) is 0 Å². The number of rotatable bonds is 13. The summed E-state index contributed by atoms with van der Waals surface area (Å²) in [4.78, 5) is 39.2. The molecule has 0 aromatic heterocycles. The number of aliphatic carboxylic acids is 2. The van der Waals surface area contributed by atoms with E-state index in [2.05, 4.69) is 13.2 Å². The van der Waals surface area contributed by atoms with Gasteiger partial charge < -0.3 is 19.8 Å². The van der Waals surface area contributed by atoms with Crippen LogP contribution in [-0.2, 0) is 19.2 Å². The predicted octanol–water partition coefficient (Wildman–Crippen LogP) is 4.58. The first-order valence-electron chi connectivity index (χ1n) is 8.85. The number of hydrogen-bond acceptors (Lipinski definition) is 4. The SMILES string of the molecule is C=C(C)C(=O)O.C=C(C)C(=O)O.O=CCCCCCCCCCCC=O. The summed E-state index contributed by atoms with van der Waals surface area (Å²) >= 11 is 0. The number of aldehydes is 2. The van der Waals surface area contributed by atoms with Gasteiger partial charge in [0.2, 0.25) is 0 Å². The Morgan fingerprint density at radius 3 is 1.00 bits per heavy atom. The van der Waals surface area contributed by atoms with Crippen LogP contribution in [0.3, 0.4) is 0 Å². The molecule has 2 N–H and O–H groups in total. The molecular weight excluding hydrogens is 336 g/mol. The van der Waals surface area contributed by atoms with Crippen molar-refractivity contribution in [1.29, 1.82) is 0 Å². The lowest BCUT2D eigenvalue weighted by molar-refractivity contribution is -0.133. The predicted molar refractivity (Wildman–Crippen MR) is 103 cm³/mol. The Kier molecular flexibility index (Phi) is 25.0. The van der Waals surface area contributed by atoms with Crippen LogP contribution < -0.4 is 0 Å². The zero-order valence-corrected chi connectivity index (χ0v) is 16.2. The molecule has 0 heterocycles. The van der Waals surface area contributed by atoms with Gasteiger partial charge in [-0.15, -0.1) is 0 Å². The monoisotopic (exact) mass is 370 g/mol. The highest BCUT2D eigenvalue weighted by Gasteiger charge is 1.92. The molecule has 6 nitrogen and oxygen atoms in total. The van der Waals surface area contributed by atoms with Gasteiger partial charge in [-0.1, -0.05) is 51.7 Å². The third-order valence-corrected chi connectivity index (χ3v) is 3.12. The number of carboxylic acids is 2. The molecule has 6 heteroatoms. The first-order valence-corrected chi connectivity index (χ1v) is 8.85. The van der Waals surface area contributed by atoms with E-state index in [1.54, 1.807) is 0 Å². The normalized spacial score (nSPS) is 8.85. The molecule has 150 valence electrons. The maximum atomic E-state index is 10.0. The minimum atomic E-state index is -0.935. The summed E-state index contributed by atoms with van der Waals surface area (Å²) in [5.74, 6) is -1.87. The average Bonchev–Trinajstić information content (AvgIpc) is 2.57. The number of carbonyl (C=O) groups excluding carboxylic acids is 2. The molecule has 0 atom stereocenters. The van der Waals surface area contributed by atoms with Crippen LogP contribution in [-0.4, -0.2) is 34.7 Å². The molecule has 0 amide bonds. The van der Waals surface area contributed by atoms with Crippen LogP contribution in [0.2, 0.25) is 0 Å². The summed E-state index contributed by atoms with van der Waals surface area (Å²) in [5, 5.41) is 15.8. The van der Waals surface area contributed by atoms with Crippen molar-refractivity contribution in [2.75, 3.05) is 0 Å². The van der Waals surface area contributed by atoms with Crippen LogP contribution in [0.1, 0.15) is 78.1 Å². The van der Waals surface area contributed by atoms with Gasteiger partial charge in [0.1, 0.15) is 12.6 Å². The molecule has 0 saturated carbocycles. The second kappa shape index (κ2) is 22.8. The molecule has 26 heavy (non-hydrogen) atoms. The molecule has 0 unspecified atom stereocenters. The van der Waals surface area contributed by atoms with Gasteiger partial charge in [0.25, 0.3) is 0 Å². The Balaban J connectivity index is -0.000000364. The average molecular weight is 370 g/mol. The van der Waals surface area contributed by atoms with E-state index >= 15 is 0 Å². The summed E-state index contributed by atoms with van der Waals surface area (Å²) in [6.45, 7) is 9.20. The summed E-state index contributed by atoms with van der Waals surface area (Å²) < 4.78 is 0. The Bertz CT molecular complexity index is 362. The van der Waals surface area contributed by atoms with Gasteiger partial charge in [-0.25, -0.2) is 9.59 Å². The van der Waals surface area contributed by atoms with Gasteiger partial charge in [-0.2, -0.15) is 0 Å². The van der Waals surface area contributed by atoms with E-state index < -0.39 is 11.9 Å². The third-order valence-electron chi connectivity index (χ3n) is 3.12. The number of carboxylic acid groups (broad SMARTS) is 2. The van der Waals surface area contributed by atoms with E-state index in [-0.39, 0.29) is 11.1 Å². The lowest BCUT2D eigenvalue weighted by Gasteiger charge is -1.99. The van der Waals surface area contributed by atoms with Crippen molar-refractivity contribution in [2.45, 2.75) is 78.1 Å². The van der Waals surface area contributed by atoms with Gasteiger partial charge in [0.15, 0.2) is 0 Å². The molecular formula is C20H34O6. The van der Waals surface area contributed by atoms with Crippen LogP contribution in [0.5, 0.6) is 0 Å². The largest absolute Gasteiger partial charge is 0.478 e. The summed E-state index contributed by atoms with van der Waals surface area (Å²) in [6.07, 6.45) is 13.0. The van der Waals surface area contributed by atoms with E-state index in [0.717, 1.165) is 38.3 Å². The fourth-order valence-electron chi connectivity index (χ4n) is 1.52. The van der Waals surface area contributed by atoms with E-state index in [1.165, 1.54) is 52.4 Å². The van der Waals surface area contributed by atoms with Crippen LogP contribution in [0.15, 0.2) is 24.3 Å². The minimum Gasteiger partial charge on any atom is -0.478 e. The molecule has 0 bridgehead atoms. The Morgan fingerprint density at radius 2 is 0.846 bits per heavy atom. The lowest BCUT2D eigenvalue weighted by Crippen LogP contribution is -1.92. The molecule has 0 fully saturated rings. The van der Waals surface area contributed by atoms with Crippen molar-refractivity contribution in [2.24, 2.45) is 0 Å². The Labute approximate surface area is 157 Å². The van der Waals surface area contributed by atoms with E-state index in [0.29, 0.717) is 0 Å². The second-order valence-electron chi connectivity index (χ2n) is 5.91. The topological polar surface area (TPSA) is 109 Å². The molecule has 0 rings (SSSR count). The number of unbranched alkanes of at least 4 members (excludes halogenated alkanes) is 9. The van der Waals surface area contributed by atoms with E-state index in [1.807, 2.05) is 0 Å². The highest BCUT2D eigenvalue weighted by molar-refractivity contribution is 5.85. The lowest BCUT2D eigenvalue weighted by atomic mass is 10.1. The fraction of sp³-hybridized carbons (Fsp3) is 0.600. The van der Waals surface area contributed by atoms with Crippen molar-refractivity contribution in [3.05, 3.63) is 24.3 Å². The third kappa shape index (κ3) is 33.4. The standard InChI is InChI=1S/C12H22O2.2C4H6O2/c13-11-9-7-5-3-1-2-4-6-8-10-12-14;2*1-3(2)4(5)6/h11-12H,1-10H2;2*1H2,2H3,(H,5,6). The second-order valence-corrected chi connectivity index (χ2v) is 5.91. The first kappa shape index (κ1) is 28.6. The van der Waals surface area contributed by atoms with E-state index in [9.17, 15) is 19.2 Å². The quantitative estimate of drug-likeness (QED) is 0.279. The molecule has 0 aromatic rings. The zero-order valence-electron chi connectivity index (χ0n) is 16.2. The molecule has 0 aromatic carbocycles. The highest BCUT2D eigenvalue weighted by atomic mass is 16.4. The molecule has 0 saturated heterocycles. The maximum Gasteiger partial charge on any atom is 0.330 e. The zero-order chi connectivity index (χ0) is 20.8. The fourth-order valence-corrected chi connectivity index (χ4v) is 1.52. The number of carbonyl (C=O) groups is 4. The summed E-state index contributed by atoms with van der Waals surface area (Å²) in [5.41, 5.74) is 0.352. The molecule has 0 radical (unpaired) electrons. The van der Waals surface area contributed by atoms with Crippen molar-refractivity contribution in [1.82, 2.24) is 0 Å². The Morgan fingerprint density at radius 1 is 0.654 bits per heavy atom. The van der Waals surface area contributed by atoms with Crippen molar-refractivity contribution < 1.29 is 29.4 Å². The molecule has 0 aliphatic carbocycles. The molecule has 0 aliphatic heterocycles. The van der Waals surface area contributed by atoms with Gasteiger partial charge >= 0.3 is 11.9 Å². The minimum absolute atomic E-state index is 0.176. The highest BCUT2D eigenvalue weighted by Crippen LogP contribution is 2.09. The first-order chi connectivity index (χ1) is 12.2. The van der Waals surface area contributed by atoms with Gasteiger partial charge in [0.05, 0.1) is 0 Å². The van der Waals surface area contributed by atoms with E-state index in [4.69, 9.17) is 10.2 Å². The van der Waals surface area contributed by atoms with Crippen molar-refractivity contribution in [3.63, 3.8) is 0 Å². The smallest absolute Gasteiger partial charge is 0.330 e. The summed E-state index contributed by atoms with van der Waals surface area (Å²) in [7, 11) is 0. The van der Waals surface area contributed by atoms with Crippen LogP contribution in [0, 0.1) is 0 Å². The molecule has 0 aliphatic rings. The van der Waals surface area contributed by atoms with Crippen LogP contribution >= 0.6 is 0 Å². The Hall–Kier alpha value is -2.24. The van der Waals surface area contributed by atoms with Gasteiger partial charge in [-0.3, -0.25) is 0 Å². The summed E-state index contributed by atoms with van der Waals surface area (Å²) in [6, 6.07) is 0. The van der Waals surface area contributed by atoms with Crippen molar-refractivity contribution in [3.8, 4) is 0 Å². The maximum absolute atomic E-state index is 10.0. The van der Waals surface area contributed by atoms with Gasteiger partial charge in [-0.05, 0) is 26.7 Å². The van der Waals surface area contributed by atoms with Gasteiger partial charge in [0, 0.05) is 24.0 Å². The molecule has 0 spiro atoms. The van der Waals surface area contributed by atoms with Crippen LogP contribution in [0.4, 0.5) is 0 Å². The van der Waals surface area contributed by atoms with Crippen molar-refractivity contribution >= 4 is 24.5 Å².